The Morgan fingerprint density at radius 1 is 1.00 bits per heavy atom. The number of alkyl halides is 3. The molecule has 0 spiro atoms. The van der Waals surface area contributed by atoms with Crippen LogP contribution < -0.4 is 5.36 Å². The zero-order chi connectivity index (χ0) is 19.2. The summed E-state index contributed by atoms with van der Waals surface area (Å²) < 4.78 is 72.3. The summed E-state index contributed by atoms with van der Waals surface area (Å²) in [5, 5.41) is 7.82. The minimum absolute atomic E-state index is 0.0187. The lowest BCUT2D eigenvalue weighted by molar-refractivity contribution is -0.137. The molecule has 2 nitrogen and oxygen atoms in total. The zero-order valence-corrected chi connectivity index (χ0v) is 13.8. The fourth-order valence-electron chi connectivity index (χ4n) is 2.73. The van der Waals surface area contributed by atoms with E-state index in [2.05, 4.69) is 0 Å². The largest absolute Gasteiger partial charge is 0.456 e. The van der Waals surface area contributed by atoms with E-state index >= 15 is 0 Å². The van der Waals surface area contributed by atoms with E-state index in [-0.39, 0.29) is 39.1 Å². The molecule has 26 heavy (non-hydrogen) atoms. The van der Waals surface area contributed by atoms with Crippen molar-refractivity contribution in [3.05, 3.63) is 64.5 Å². The first-order chi connectivity index (χ1) is 12.1. The normalized spacial score (nSPS) is 12.2. The third-order valence-electron chi connectivity index (χ3n) is 4.04. The summed E-state index contributed by atoms with van der Waals surface area (Å²) in [6.45, 7) is 3.39. The molecule has 0 amide bonds. The summed E-state index contributed by atoms with van der Waals surface area (Å²) in [6, 6.07) is 5.82. The van der Waals surface area contributed by atoms with Gasteiger partial charge in [0.15, 0.2) is 0 Å². The molecule has 7 heteroatoms. The summed E-state index contributed by atoms with van der Waals surface area (Å²) >= 11 is 0. The van der Waals surface area contributed by atoms with Crippen LogP contribution in [-0.2, 0) is 6.18 Å². The Morgan fingerprint density at radius 2 is 1.69 bits per heavy atom. The zero-order valence-electron chi connectivity index (χ0n) is 13.8. The molecule has 0 saturated heterocycles. The van der Waals surface area contributed by atoms with Gasteiger partial charge in [0, 0.05) is 17.5 Å². The lowest BCUT2D eigenvalue weighted by atomic mass is 9.96. The first kappa shape index (κ1) is 18.1. The van der Waals surface area contributed by atoms with Crippen molar-refractivity contribution >= 4 is 11.0 Å². The second-order valence-electron chi connectivity index (χ2n) is 6.24. The van der Waals surface area contributed by atoms with Crippen LogP contribution in [0.25, 0.3) is 22.3 Å². The topological polar surface area (TPSA) is 37.0 Å². The van der Waals surface area contributed by atoms with E-state index in [4.69, 9.17) is 9.83 Å². The Balaban J connectivity index is 2.35. The number of fused-ring (bicyclic) bond motifs is 1. The highest BCUT2D eigenvalue weighted by Crippen LogP contribution is 2.36. The number of hydrogen-bond acceptors (Lipinski definition) is 2. The van der Waals surface area contributed by atoms with E-state index in [1.165, 1.54) is 0 Å². The van der Waals surface area contributed by atoms with Gasteiger partial charge in [-0.25, -0.2) is 8.78 Å². The predicted molar refractivity (Wildman–Crippen MR) is 86.5 cm³/mol. The van der Waals surface area contributed by atoms with Crippen LogP contribution >= 0.6 is 0 Å². The molecule has 0 unspecified atom stereocenters. The molecule has 1 heterocycles. The number of nitrogens with one attached hydrogen (secondary N) is 1. The molecule has 0 fully saturated rings. The molecule has 0 aliphatic rings. The molecule has 136 valence electrons. The molecule has 1 aromatic heterocycles. The van der Waals surface area contributed by atoms with E-state index in [1.54, 1.807) is 13.8 Å². The van der Waals surface area contributed by atoms with Crippen molar-refractivity contribution in [3.8, 4) is 11.3 Å². The van der Waals surface area contributed by atoms with Crippen LogP contribution in [0.5, 0.6) is 0 Å². The highest BCUT2D eigenvalue weighted by atomic mass is 19.4. The number of rotatable bonds is 2. The molecule has 1 N–H and O–H groups in total. The van der Waals surface area contributed by atoms with Gasteiger partial charge in [0.25, 0.3) is 0 Å². The van der Waals surface area contributed by atoms with E-state index in [1.807, 2.05) is 0 Å². The van der Waals surface area contributed by atoms with E-state index in [0.717, 1.165) is 30.3 Å². The van der Waals surface area contributed by atoms with Crippen molar-refractivity contribution in [2.24, 2.45) is 0 Å². The lowest BCUT2D eigenvalue weighted by Crippen LogP contribution is -2.10. The molecule has 0 aliphatic heterocycles. The maximum absolute atomic E-state index is 14.0. The quantitative estimate of drug-likeness (QED) is 0.554. The summed E-state index contributed by atoms with van der Waals surface area (Å²) in [4.78, 5) is 0. The maximum atomic E-state index is 14.0. The molecular formula is C19H14F5NO. The molecule has 0 saturated carbocycles. The smallest absolute Gasteiger partial charge is 0.416 e. The van der Waals surface area contributed by atoms with Crippen molar-refractivity contribution in [2.75, 3.05) is 0 Å². The van der Waals surface area contributed by atoms with Gasteiger partial charge < -0.3 is 4.42 Å². The Kier molecular flexibility index (Phi) is 4.34. The SMILES string of the molecule is CC(C)c1cc(C(F)(F)F)cc2c(=N)cc(-c3ccc(F)cc3F)oc12. The van der Waals surface area contributed by atoms with Crippen molar-refractivity contribution in [2.45, 2.75) is 25.9 Å². The molecule has 0 aliphatic carbocycles. The van der Waals surface area contributed by atoms with Crippen molar-refractivity contribution in [3.63, 3.8) is 0 Å². The molecular weight excluding hydrogens is 353 g/mol. The summed E-state index contributed by atoms with van der Waals surface area (Å²) in [7, 11) is 0. The molecule has 3 aromatic rings. The van der Waals surface area contributed by atoms with Crippen LogP contribution in [-0.4, -0.2) is 0 Å². The van der Waals surface area contributed by atoms with Gasteiger partial charge in [-0.05, 0) is 35.7 Å². The number of halogens is 5. The Labute approximate surface area is 145 Å². The van der Waals surface area contributed by atoms with Crippen LogP contribution in [0.4, 0.5) is 22.0 Å². The van der Waals surface area contributed by atoms with E-state index < -0.39 is 23.4 Å². The summed E-state index contributed by atoms with van der Waals surface area (Å²) in [6.07, 6.45) is -4.56. The van der Waals surface area contributed by atoms with Crippen LogP contribution in [0.3, 0.4) is 0 Å². The van der Waals surface area contributed by atoms with Crippen molar-refractivity contribution in [1.82, 2.24) is 0 Å². The van der Waals surface area contributed by atoms with Gasteiger partial charge in [-0.15, -0.1) is 0 Å². The average Bonchev–Trinajstić information content (AvgIpc) is 2.52. The van der Waals surface area contributed by atoms with E-state index in [0.29, 0.717) is 6.07 Å². The fourth-order valence-corrected chi connectivity index (χ4v) is 2.73. The molecule has 3 rings (SSSR count). The minimum Gasteiger partial charge on any atom is -0.456 e. The standard InChI is InChI=1S/C19H14F5NO/c1-9(2)13-5-10(19(22,23)24)6-14-16(25)8-17(26-18(13)14)12-4-3-11(20)7-15(12)21/h3-9,25H,1-2H3. The molecule has 0 atom stereocenters. The van der Waals surface area contributed by atoms with Gasteiger partial charge in [-0.2, -0.15) is 13.2 Å². The van der Waals surface area contributed by atoms with Crippen molar-refractivity contribution < 1.29 is 26.4 Å². The second kappa shape index (κ2) is 6.23. The number of benzene rings is 2. The van der Waals surface area contributed by atoms with Gasteiger partial charge in [-0.3, -0.25) is 5.41 Å². The monoisotopic (exact) mass is 367 g/mol. The number of hydrogen-bond donors (Lipinski definition) is 1. The van der Waals surface area contributed by atoms with Gasteiger partial charge in [0.05, 0.1) is 16.5 Å². The van der Waals surface area contributed by atoms with Gasteiger partial charge >= 0.3 is 6.18 Å². The summed E-state index contributed by atoms with van der Waals surface area (Å²) in [5.41, 5.74) is -0.610. The first-order valence-electron chi connectivity index (χ1n) is 7.77. The Morgan fingerprint density at radius 3 is 2.27 bits per heavy atom. The second-order valence-corrected chi connectivity index (χ2v) is 6.24. The minimum atomic E-state index is -4.56. The van der Waals surface area contributed by atoms with Crippen LogP contribution in [0.15, 0.2) is 40.8 Å². The van der Waals surface area contributed by atoms with Crippen LogP contribution in [0.1, 0.15) is 30.9 Å². The van der Waals surface area contributed by atoms with E-state index in [9.17, 15) is 22.0 Å². The van der Waals surface area contributed by atoms with Gasteiger partial charge in [0.2, 0.25) is 0 Å². The Hall–Kier alpha value is -2.70. The van der Waals surface area contributed by atoms with Crippen LogP contribution in [0.2, 0.25) is 0 Å². The molecule has 0 radical (unpaired) electrons. The highest BCUT2D eigenvalue weighted by molar-refractivity contribution is 5.83. The fraction of sp³-hybridized carbons (Fsp3) is 0.211. The summed E-state index contributed by atoms with van der Waals surface area (Å²) in [5.74, 6) is -2.03. The Bertz CT molecular complexity index is 1050. The molecule has 2 aromatic carbocycles. The van der Waals surface area contributed by atoms with Gasteiger partial charge in [0.1, 0.15) is 23.0 Å². The van der Waals surface area contributed by atoms with Crippen molar-refractivity contribution in [1.29, 1.82) is 5.41 Å². The highest BCUT2D eigenvalue weighted by Gasteiger charge is 2.32. The third-order valence-corrected chi connectivity index (χ3v) is 4.04. The lowest BCUT2D eigenvalue weighted by Gasteiger charge is -2.15. The third kappa shape index (κ3) is 3.21. The predicted octanol–water partition coefficient (Wildman–Crippen LogP) is 6.00. The maximum Gasteiger partial charge on any atom is 0.416 e. The van der Waals surface area contributed by atoms with Crippen LogP contribution in [0, 0.1) is 17.0 Å². The first-order valence-corrected chi connectivity index (χ1v) is 7.77. The average molecular weight is 367 g/mol. The van der Waals surface area contributed by atoms with Gasteiger partial charge in [-0.1, -0.05) is 13.8 Å². The molecule has 0 bridgehead atoms.